The number of thioether (sulfide) groups is 1. The van der Waals surface area contributed by atoms with Gasteiger partial charge in [-0.25, -0.2) is 0 Å². The van der Waals surface area contributed by atoms with Crippen molar-refractivity contribution in [3.8, 4) is 5.75 Å². The lowest BCUT2D eigenvalue weighted by Crippen LogP contribution is -2.22. The van der Waals surface area contributed by atoms with Crippen LogP contribution in [0.5, 0.6) is 5.75 Å². The summed E-state index contributed by atoms with van der Waals surface area (Å²) in [4.78, 5) is 35.8. The van der Waals surface area contributed by atoms with Crippen LogP contribution in [-0.4, -0.2) is 29.1 Å². The van der Waals surface area contributed by atoms with Gasteiger partial charge in [0.25, 0.3) is 11.1 Å². The minimum absolute atomic E-state index is 0.101. The summed E-state index contributed by atoms with van der Waals surface area (Å²) in [6.07, 6.45) is 1.63. The molecule has 6 nitrogen and oxygen atoms in total. The zero-order chi connectivity index (χ0) is 18.7. The molecule has 26 heavy (non-hydrogen) atoms. The molecular weight excluding hydrogens is 354 g/mol. The van der Waals surface area contributed by atoms with Crippen LogP contribution in [0.2, 0.25) is 0 Å². The van der Waals surface area contributed by atoms with Gasteiger partial charge in [-0.15, -0.1) is 0 Å². The van der Waals surface area contributed by atoms with Crippen molar-refractivity contribution in [2.24, 2.45) is 0 Å². The summed E-state index contributed by atoms with van der Waals surface area (Å²) < 4.78 is 5.80. The zero-order valence-corrected chi connectivity index (χ0v) is 14.6. The number of imide groups is 1. The zero-order valence-electron chi connectivity index (χ0n) is 13.8. The first-order valence-electron chi connectivity index (χ1n) is 7.69. The fraction of sp³-hybridized carbons (Fsp3) is 0.105. The Balaban J connectivity index is 1.76. The highest BCUT2D eigenvalue weighted by Crippen LogP contribution is 2.33. The Morgan fingerprint density at radius 2 is 1.85 bits per heavy atom. The van der Waals surface area contributed by atoms with Crippen LogP contribution in [0, 0.1) is 0 Å². The number of carbonyl (C=O) groups excluding carboxylic acids is 3. The van der Waals surface area contributed by atoms with Crippen LogP contribution in [0.3, 0.4) is 0 Å². The standard InChI is InChI=1S/C19H15NO5S/c1-20-17(21)16(26-19(20)24)10-14-4-2-3-5-15(14)25-11-12-6-8-13(9-7-12)18(22)23/h2-10H,11H2,1H3,(H,22,23)/p-1/b16-10-. The number of rotatable bonds is 5. The molecule has 2 aromatic rings. The molecule has 1 heterocycles. The van der Waals surface area contributed by atoms with Gasteiger partial charge in [0.2, 0.25) is 0 Å². The molecule has 0 N–H and O–H groups in total. The molecule has 1 aliphatic heterocycles. The second kappa shape index (κ2) is 7.45. The van der Waals surface area contributed by atoms with Gasteiger partial charge in [0, 0.05) is 12.6 Å². The lowest BCUT2D eigenvalue weighted by atomic mass is 10.1. The summed E-state index contributed by atoms with van der Waals surface area (Å²) in [7, 11) is 1.44. The molecule has 0 radical (unpaired) electrons. The fourth-order valence-electron chi connectivity index (χ4n) is 2.32. The summed E-state index contributed by atoms with van der Waals surface area (Å²) in [5.41, 5.74) is 1.57. The largest absolute Gasteiger partial charge is 0.545 e. The lowest BCUT2D eigenvalue weighted by molar-refractivity contribution is -0.255. The Morgan fingerprint density at radius 1 is 1.15 bits per heavy atom. The van der Waals surface area contributed by atoms with Gasteiger partial charge in [0.15, 0.2) is 0 Å². The Kier molecular flexibility index (Phi) is 5.09. The Bertz CT molecular complexity index is 904. The van der Waals surface area contributed by atoms with E-state index >= 15 is 0 Å². The number of hydrogen-bond donors (Lipinski definition) is 0. The minimum atomic E-state index is -1.23. The third-order valence-electron chi connectivity index (χ3n) is 3.78. The summed E-state index contributed by atoms with van der Waals surface area (Å²) in [6, 6.07) is 13.4. The van der Waals surface area contributed by atoms with Crippen LogP contribution < -0.4 is 9.84 Å². The van der Waals surface area contributed by atoms with E-state index in [2.05, 4.69) is 0 Å². The Morgan fingerprint density at radius 3 is 2.46 bits per heavy atom. The Labute approximate surface area is 154 Å². The van der Waals surface area contributed by atoms with E-state index in [-0.39, 0.29) is 23.3 Å². The molecule has 0 aliphatic carbocycles. The summed E-state index contributed by atoms with van der Waals surface area (Å²) >= 11 is 0.886. The third-order valence-corrected chi connectivity index (χ3v) is 4.74. The van der Waals surface area contributed by atoms with Crippen molar-refractivity contribution >= 4 is 35.0 Å². The maximum atomic E-state index is 12.0. The molecule has 2 amide bonds. The summed E-state index contributed by atoms with van der Waals surface area (Å²) in [6.45, 7) is 0.230. The first kappa shape index (κ1) is 17.8. The van der Waals surface area contributed by atoms with E-state index in [1.165, 1.54) is 19.2 Å². The lowest BCUT2D eigenvalue weighted by Gasteiger charge is -2.10. The number of amides is 2. The number of likely N-dealkylation sites (N-methyl/N-ethyl adjacent to an activating group) is 1. The topological polar surface area (TPSA) is 86.7 Å². The van der Waals surface area contributed by atoms with E-state index in [4.69, 9.17) is 4.74 Å². The number of nitrogens with zero attached hydrogens (tertiary/aromatic N) is 1. The Hall–Kier alpha value is -3.06. The van der Waals surface area contributed by atoms with Gasteiger partial charge in [0.05, 0.1) is 10.9 Å². The number of benzene rings is 2. The molecule has 0 saturated carbocycles. The second-order valence-corrected chi connectivity index (χ2v) is 6.54. The molecule has 2 aromatic carbocycles. The predicted molar refractivity (Wildman–Crippen MR) is 95.3 cm³/mol. The van der Waals surface area contributed by atoms with E-state index in [1.807, 2.05) is 6.07 Å². The van der Waals surface area contributed by atoms with Gasteiger partial charge in [-0.2, -0.15) is 0 Å². The SMILES string of the molecule is CN1C(=O)S/C(=C\c2ccccc2OCc2ccc(C(=O)[O-])cc2)C1=O. The number of para-hydroxylation sites is 1. The molecule has 1 saturated heterocycles. The number of ether oxygens (including phenoxy) is 1. The van der Waals surface area contributed by atoms with E-state index in [9.17, 15) is 19.5 Å². The highest BCUT2D eigenvalue weighted by atomic mass is 32.2. The van der Waals surface area contributed by atoms with Gasteiger partial charge >= 0.3 is 0 Å². The van der Waals surface area contributed by atoms with Crippen molar-refractivity contribution in [1.29, 1.82) is 0 Å². The van der Waals surface area contributed by atoms with Gasteiger partial charge in [0.1, 0.15) is 12.4 Å². The van der Waals surface area contributed by atoms with Crippen LogP contribution >= 0.6 is 11.8 Å². The second-order valence-electron chi connectivity index (χ2n) is 5.55. The van der Waals surface area contributed by atoms with Crippen LogP contribution in [0.25, 0.3) is 6.08 Å². The van der Waals surface area contributed by atoms with Gasteiger partial charge in [-0.3, -0.25) is 14.5 Å². The van der Waals surface area contributed by atoms with Crippen LogP contribution in [0.15, 0.2) is 53.4 Å². The molecule has 0 spiro atoms. The van der Waals surface area contributed by atoms with Crippen molar-refractivity contribution in [3.63, 3.8) is 0 Å². The van der Waals surface area contributed by atoms with Gasteiger partial charge < -0.3 is 14.6 Å². The average molecular weight is 368 g/mol. The quantitative estimate of drug-likeness (QED) is 0.753. The highest BCUT2D eigenvalue weighted by Gasteiger charge is 2.31. The first-order chi connectivity index (χ1) is 12.5. The molecule has 0 bridgehead atoms. The summed E-state index contributed by atoms with van der Waals surface area (Å²) in [5, 5.41) is 10.5. The monoisotopic (exact) mass is 368 g/mol. The molecule has 7 heteroatoms. The first-order valence-corrected chi connectivity index (χ1v) is 8.51. The van der Waals surface area contributed by atoms with Crippen LogP contribution in [0.1, 0.15) is 21.5 Å². The van der Waals surface area contributed by atoms with Crippen molar-refractivity contribution in [3.05, 3.63) is 70.1 Å². The fourth-order valence-corrected chi connectivity index (χ4v) is 3.13. The van der Waals surface area contributed by atoms with Crippen molar-refractivity contribution in [2.45, 2.75) is 6.61 Å². The third kappa shape index (κ3) is 3.78. The molecule has 0 aromatic heterocycles. The average Bonchev–Trinajstić information content (AvgIpc) is 2.88. The highest BCUT2D eigenvalue weighted by molar-refractivity contribution is 8.18. The van der Waals surface area contributed by atoms with E-state index in [0.717, 1.165) is 22.2 Å². The maximum Gasteiger partial charge on any atom is 0.293 e. The number of carboxylic acids is 1. The van der Waals surface area contributed by atoms with Crippen molar-refractivity contribution < 1.29 is 24.2 Å². The number of carboxylic acid groups (broad SMARTS) is 1. The van der Waals surface area contributed by atoms with Crippen LogP contribution in [0.4, 0.5) is 4.79 Å². The van der Waals surface area contributed by atoms with Gasteiger partial charge in [-0.05, 0) is 35.0 Å². The molecule has 132 valence electrons. The number of aromatic carboxylic acids is 1. The molecule has 1 aliphatic rings. The smallest absolute Gasteiger partial charge is 0.293 e. The van der Waals surface area contributed by atoms with E-state index in [1.54, 1.807) is 36.4 Å². The molecule has 0 atom stereocenters. The van der Waals surface area contributed by atoms with E-state index < -0.39 is 5.97 Å². The van der Waals surface area contributed by atoms with E-state index in [0.29, 0.717) is 16.2 Å². The van der Waals surface area contributed by atoms with Crippen molar-refractivity contribution in [2.75, 3.05) is 7.05 Å². The maximum absolute atomic E-state index is 12.0. The molecule has 1 fully saturated rings. The molecular formula is C19H14NO5S-. The summed E-state index contributed by atoms with van der Waals surface area (Å²) in [5.74, 6) is -1.01. The molecule has 0 unspecified atom stereocenters. The van der Waals surface area contributed by atoms with Crippen molar-refractivity contribution in [1.82, 2.24) is 4.90 Å². The molecule has 3 rings (SSSR count). The number of carbonyl (C=O) groups is 3. The minimum Gasteiger partial charge on any atom is -0.545 e. The van der Waals surface area contributed by atoms with Gasteiger partial charge in [-0.1, -0.05) is 42.5 Å². The predicted octanol–water partition coefficient (Wildman–Crippen LogP) is 2.30. The van der Waals surface area contributed by atoms with Crippen LogP contribution in [-0.2, 0) is 11.4 Å². The number of hydrogen-bond acceptors (Lipinski definition) is 6. The normalized spacial score (nSPS) is 15.6.